The van der Waals surface area contributed by atoms with Crippen LogP contribution in [0.4, 0.5) is 11.4 Å². The summed E-state index contributed by atoms with van der Waals surface area (Å²) in [6, 6.07) is 8.83. The third-order valence-electron chi connectivity index (χ3n) is 2.76. The lowest BCUT2D eigenvalue weighted by Gasteiger charge is -2.14. The maximum absolute atomic E-state index is 12.3. The molecule has 0 fully saturated rings. The molecule has 0 bridgehead atoms. The van der Waals surface area contributed by atoms with Gasteiger partial charge in [-0.05, 0) is 24.3 Å². The molecule has 0 unspecified atom stereocenters. The second kappa shape index (κ2) is 5.82. The molecule has 0 atom stereocenters. The third-order valence-corrected chi connectivity index (χ3v) is 5.22. The van der Waals surface area contributed by atoms with E-state index in [4.69, 9.17) is 5.73 Å². The van der Waals surface area contributed by atoms with Crippen LogP contribution in [-0.4, -0.2) is 22.5 Å². The molecule has 20 heavy (non-hydrogen) atoms. The van der Waals surface area contributed by atoms with Crippen molar-refractivity contribution in [2.75, 3.05) is 23.7 Å². The summed E-state index contributed by atoms with van der Waals surface area (Å²) in [6.07, 6.45) is 0. The molecule has 0 amide bonds. The highest BCUT2D eigenvalue weighted by Gasteiger charge is 2.16. The molecule has 0 aliphatic heterocycles. The predicted molar refractivity (Wildman–Crippen MR) is 83.8 cm³/mol. The smallest absolute Gasteiger partial charge is 0.262 e. The minimum absolute atomic E-state index is 0.248. The van der Waals surface area contributed by atoms with E-state index in [1.807, 2.05) is 31.1 Å². The van der Waals surface area contributed by atoms with Gasteiger partial charge in [-0.25, -0.2) is 8.42 Å². The van der Waals surface area contributed by atoms with Gasteiger partial charge >= 0.3 is 0 Å². The molecular weight excluding hydrogens is 294 g/mol. The number of benzene rings is 1. The first kappa shape index (κ1) is 14.8. The van der Waals surface area contributed by atoms with E-state index in [2.05, 4.69) is 4.72 Å². The van der Waals surface area contributed by atoms with Crippen molar-refractivity contribution in [3.63, 3.8) is 0 Å². The molecule has 5 nitrogen and oxygen atoms in total. The molecule has 0 aliphatic rings. The molecule has 1 aromatic carbocycles. The van der Waals surface area contributed by atoms with Crippen LogP contribution in [-0.2, 0) is 16.6 Å². The highest BCUT2D eigenvalue weighted by Crippen LogP contribution is 2.23. The Hall–Kier alpha value is -1.57. The molecule has 0 spiro atoms. The Morgan fingerprint density at radius 2 is 2.05 bits per heavy atom. The summed E-state index contributed by atoms with van der Waals surface area (Å²) < 4.78 is 27.1. The van der Waals surface area contributed by atoms with Gasteiger partial charge in [0.25, 0.3) is 10.0 Å². The number of sulfonamides is 1. The van der Waals surface area contributed by atoms with Crippen molar-refractivity contribution >= 4 is 32.7 Å². The Morgan fingerprint density at radius 1 is 1.30 bits per heavy atom. The van der Waals surface area contributed by atoms with Gasteiger partial charge in [0.05, 0.1) is 10.6 Å². The maximum atomic E-state index is 12.3. The fraction of sp³-hybridized carbons (Fsp3) is 0.231. The van der Waals surface area contributed by atoms with Crippen molar-refractivity contribution in [3.8, 4) is 0 Å². The largest absolute Gasteiger partial charge is 0.378 e. The monoisotopic (exact) mass is 311 g/mol. The summed E-state index contributed by atoms with van der Waals surface area (Å²) in [5, 5.41) is 1.60. The van der Waals surface area contributed by atoms with Crippen LogP contribution in [0.2, 0.25) is 0 Å². The van der Waals surface area contributed by atoms with Crippen molar-refractivity contribution in [1.82, 2.24) is 0 Å². The Balaban J connectivity index is 2.26. The molecule has 7 heteroatoms. The zero-order valence-corrected chi connectivity index (χ0v) is 13.0. The van der Waals surface area contributed by atoms with E-state index in [0.717, 1.165) is 10.6 Å². The zero-order valence-electron chi connectivity index (χ0n) is 11.3. The normalized spacial score (nSPS) is 11.3. The Kier molecular flexibility index (Phi) is 4.32. The van der Waals surface area contributed by atoms with Gasteiger partial charge in [0, 0.05) is 36.6 Å². The van der Waals surface area contributed by atoms with Crippen LogP contribution in [0.5, 0.6) is 0 Å². The van der Waals surface area contributed by atoms with Crippen LogP contribution in [0, 0.1) is 0 Å². The lowest BCUT2D eigenvalue weighted by Crippen LogP contribution is -2.13. The summed E-state index contributed by atoms with van der Waals surface area (Å²) in [6.45, 7) is 0.344. The van der Waals surface area contributed by atoms with Crippen molar-refractivity contribution in [2.45, 2.75) is 11.4 Å². The zero-order chi connectivity index (χ0) is 14.8. The average Bonchev–Trinajstić information content (AvgIpc) is 2.88. The van der Waals surface area contributed by atoms with Crippen LogP contribution < -0.4 is 15.4 Å². The topological polar surface area (TPSA) is 75.4 Å². The van der Waals surface area contributed by atoms with Gasteiger partial charge in [0.15, 0.2) is 0 Å². The summed E-state index contributed by atoms with van der Waals surface area (Å²) in [4.78, 5) is 3.00. The second-order valence-corrected chi connectivity index (χ2v) is 7.18. The third kappa shape index (κ3) is 3.30. The fourth-order valence-electron chi connectivity index (χ4n) is 1.67. The van der Waals surface area contributed by atoms with Crippen LogP contribution in [0.15, 0.2) is 40.6 Å². The summed E-state index contributed by atoms with van der Waals surface area (Å²) in [5.41, 5.74) is 6.97. The first-order chi connectivity index (χ1) is 9.42. The Morgan fingerprint density at radius 3 is 2.65 bits per heavy atom. The summed E-state index contributed by atoms with van der Waals surface area (Å²) in [5.74, 6) is 0. The standard InChI is InChI=1S/C13H17N3O2S2/c1-16(2)11-5-3-4-10(6-11)15-20(17,18)13-7-12(8-14)19-9-13/h3-7,9,15H,8,14H2,1-2H3. The molecule has 0 radical (unpaired) electrons. The van der Waals surface area contributed by atoms with E-state index in [1.54, 1.807) is 23.6 Å². The van der Waals surface area contributed by atoms with Crippen LogP contribution in [0.1, 0.15) is 4.88 Å². The first-order valence-electron chi connectivity index (χ1n) is 6.00. The Labute approximate surface area is 123 Å². The first-order valence-corrected chi connectivity index (χ1v) is 8.36. The van der Waals surface area contributed by atoms with Gasteiger partial charge in [-0.1, -0.05) is 6.07 Å². The van der Waals surface area contributed by atoms with E-state index in [1.165, 1.54) is 11.3 Å². The van der Waals surface area contributed by atoms with Crippen molar-refractivity contribution in [2.24, 2.45) is 5.73 Å². The lowest BCUT2D eigenvalue weighted by atomic mass is 10.3. The molecule has 1 aromatic heterocycles. The predicted octanol–water partition coefficient (Wildman–Crippen LogP) is 2.07. The summed E-state index contributed by atoms with van der Waals surface area (Å²) >= 11 is 1.34. The minimum Gasteiger partial charge on any atom is -0.378 e. The van der Waals surface area contributed by atoms with E-state index < -0.39 is 10.0 Å². The molecule has 0 saturated heterocycles. The van der Waals surface area contributed by atoms with Gasteiger partial charge in [-0.2, -0.15) is 0 Å². The van der Waals surface area contributed by atoms with E-state index in [0.29, 0.717) is 12.2 Å². The van der Waals surface area contributed by atoms with Crippen LogP contribution in [0.25, 0.3) is 0 Å². The summed E-state index contributed by atoms with van der Waals surface area (Å²) in [7, 11) is 0.247. The Bertz CT molecular complexity index is 693. The second-order valence-electron chi connectivity index (χ2n) is 4.50. The van der Waals surface area contributed by atoms with Gasteiger partial charge in [0.2, 0.25) is 0 Å². The van der Waals surface area contributed by atoms with Crippen LogP contribution >= 0.6 is 11.3 Å². The highest BCUT2D eigenvalue weighted by molar-refractivity contribution is 7.92. The van der Waals surface area contributed by atoms with E-state index in [9.17, 15) is 8.42 Å². The molecule has 1 heterocycles. The SMILES string of the molecule is CN(C)c1cccc(NS(=O)(=O)c2csc(CN)c2)c1. The molecule has 0 aliphatic carbocycles. The van der Waals surface area contributed by atoms with Crippen molar-refractivity contribution in [1.29, 1.82) is 0 Å². The molecular formula is C13H17N3O2S2. The van der Waals surface area contributed by atoms with Crippen LogP contribution in [0.3, 0.4) is 0 Å². The van der Waals surface area contributed by atoms with Gasteiger partial charge < -0.3 is 10.6 Å². The maximum Gasteiger partial charge on any atom is 0.262 e. The number of hydrogen-bond donors (Lipinski definition) is 2. The number of nitrogens with two attached hydrogens (primary N) is 1. The van der Waals surface area contributed by atoms with E-state index >= 15 is 0 Å². The number of hydrogen-bond acceptors (Lipinski definition) is 5. The minimum atomic E-state index is -3.56. The van der Waals surface area contributed by atoms with Gasteiger partial charge in [-0.3, -0.25) is 4.72 Å². The number of nitrogens with one attached hydrogen (secondary N) is 1. The highest BCUT2D eigenvalue weighted by atomic mass is 32.2. The van der Waals surface area contributed by atoms with Crippen molar-refractivity contribution in [3.05, 3.63) is 40.6 Å². The van der Waals surface area contributed by atoms with Gasteiger partial charge in [-0.15, -0.1) is 11.3 Å². The van der Waals surface area contributed by atoms with Gasteiger partial charge in [0.1, 0.15) is 0 Å². The number of rotatable bonds is 5. The molecule has 108 valence electrons. The molecule has 3 N–H and O–H groups in total. The molecule has 0 saturated carbocycles. The molecule has 2 aromatic rings. The average molecular weight is 311 g/mol. The number of thiophene rings is 1. The number of nitrogens with zero attached hydrogens (tertiary/aromatic N) is 1. The number of anilines is 2. The van der Waals surface area contributed by atoms with E-state index in [-0.39, 0.29) is 4.90 Å². The van der Waals surface area contributed by atoms with Crippen molar-refractivity contribution < 1.29 is 8.42 Å². The quantitative estimate of drug-likeness (QED) is 0.886. The lowest BCUT2D eigenvalue weighted by molar-refractivity contribution is 0.601. The molecule has 2 rings (SSSR count). The fourth-order valence-corrected chi connectivity index (χ4v) is 3.88.